The summed E-state index contributed by atoms with van der Waals surface area (Å²) in [6.45, 7) is 0.831. The van der Waals surface area contributed by atoms with Gasteiger partial charge in [-0.3, -0.25) is 9.48 Å². The first kappa shape index (κ1) is 20.5. The number of amides is 1. The van der Waals surface area contributed by atoms with E-state index in [1.165, 1.54) is 38.5 Å². The van der Waals surface area contributed by atoms with Crippen molar-refractivity contribution in [2.45, 2.75) is 51.5 Å². The van der Waals surface area contributed by atoms with Crippen LogP contribution in [0.5, 0.6) is 0 Å². The van der Waals surface area contributed by atoms with Crippen molar-refractivity contribution in [3.8, 4) is 11.1 Å². The Labute approximate surface area is 194 Å². The van der Waals surface area contributed by atoms with Crippen molar-refractivity contribution < 1.29 is 4.79 Å². The van der Waals surface area contributed by atoms with Gasteiger partial charge in [-0.1, -0.05) is 41.6 Å². The SMILES string of the molecule is Nc1ccc(-c2ccccc2)cc1NC(=O)c1cn(CCC23CC4CC(CC(C4)C2)C3)nn1. The predicted molar refractivity (Wildman–Crippen MR) is 129 cm³/mol. The van der Waals surface area contributed by atoms with Crippen molar-refractivity contribution in [1.82, 2.24) is 15.0 Å². The molecule has 4 fully saturated rings. The van der Waals surface area contributed by atoms with Crippen LogP contribution in [-0.4, -0.2) is 20.9 Å². The van der Waals surface area contributed by atoms with Gasteiger partial charge in [0.1, 0.15) is 0 Å². The number of carbonyl (C=O) groups is 1. The molecule has 4 saturated carbocycles. The third kappa shape index (κ3) is 4.03. The zero-order valence-corrected chi connectivity index (χ0v) is 18.9. The predicted octanol–water partition coefficient (Wildman–Crippen LogP) is 5.39. The lowest BCUT2D eigenvalue weighted by Gasteiger charge is -2.57. The molecule has 3 N–H and O–H groups in total. The Kier molecular flexibility index (Phi) is 4.97. The summed E-state index contributed by atoms with van der Waals surface area (Å²) in [7, 11) is 0. The van der Waals surface area contributed by atoms with Gasteiger partial charge < -0.3 is 11.1 Å². The number of nitrogens with zero attached hydrogens (tertiary/aromatic N) is 3. The lowest BCUT2D eigenvalue weighted by molar-refractivity contribution is -0.0596. The van der Waals surface area contributed by atoms with Gasteiger partial charge in [-0.05, 0) is 91.4 Å². The third-order valence-electron chi connectivity index (χ3n) is 8.22. The monoisotopic (exact) mass is 441 g/mol. The molecule has 1 aromatic heterocycles. The number of hydrogen-bond acceptors (Lipinski definition) is 4. The summed E-state index contributed by atoms with van der Waals surface area (Å²) in [5.74, 6) is 2.56. The van der Waals surface area contributed by atoms with Gasteiger partial charge in [0, 0.05) is 6.54 Å². The highest BCUT2D eigenvalue weighted by Gasteiger charge is 2.50. The van der Waals surface area contributed by atoms with Crippen molar-refractivity contribution in [2.24, 2.45) is 23.2 Å². The highest BCUT2D eigenvalue weighted by Crippen LogP contribution is 2.61. The molecule has 7 rings (SSSR count). The number of anilines is 2. The van der Waals surface area contributed by atoms with Crippen LogP contribution in [0.25, 0.3) is 11.1 Å². The molecule has 0 atom stereocenters. The van der Waals surface area contributed by atoms with Gasteiger partial charge in [0.15, 0.2) is 5.69 Å². The summed E-state index contributed by atoms with van der Waals surface area (Å²) in [6, 6.07) is 15.7. The average molecular weight is 442 g/mol. The van der Waals surface area contributed by atoms with Crippen LogP contribution in [0.15, 0.2) is 54.7 Å². The second-order valence-electron chi connectivity index (χ2n) is 10.7. The number of hydrogen-bond donors (Lipinski definition) is 2. The number of nitrogens with two attached hydrogens (primary N) is 1. The number of nitrogen functional groups attached to an aromatic ring is 1. The van der Waals surface area contributed by atoms with E-state index >= 15 is 0 Å². The summed E-state index contributed by atoms with van der Waals surface area (Å²) >= 11 is 0. The van der Waals surface area contributed by atoms with E-state index in [9.17, 15) is 4.79 Å². The van der Waals surface area contributed by atoms with Crippen molar-refractivity contribution in [2.75, 3.05) is 11.1 Å². The summed E-state index contributed by atoms with van der Waals surface area (Å²) < 4.78 is 1.84. The molecule has 0 radical (unpaired) electrons. The Bertz CT molecular complexity index is 1130. The minimum atomic E-state index is -0.284. The minimum Gasteiger partial charge on any atom is -0.397 e. The second kappa shape index (κ2) is 8.01. The maximum absolute atomic E-state index is 12.9. The molecule has 0 spiro atoms. The molecule has 2 aromatic carbocycles. The molecule has 33 heavy (non-hydrogen) atoms. The molecular weight excluding hydrogens is 410 g/mol. The Balaban J connectivity index is 1.12. The Morgan fingerprint density at radius 2 is 1.70 bits per heavy atom. The molecule has 1 amide bonds. The van der Waals surface area contributed by atoms with Crippen LogP contribution in [0.3, 0.4) is 0 Å². The van der Waals surface area contributed by atoms with Crippen LogP contribution in [-0.2, 0) is 6.54 Å². The Morgan fingerprint density at radius 3 is 2.39 bits per heavy atom. The van der Waals surface area contributed by atoms with Gasteiger partial charge in [-0.25, -0.2) is 0 Å². The van der Waals surface area contributed by atoms with E-state index in [-0.39, 0.29) is 5.91 Å². The molecule has 6 nitrogen and oxygen atoms in total. The average Bonchev–Trinajstić information content (AvgIpc) is 3.28. The van der Waals surface area contributed by atoms with Crippen LogP contribution >= 0.6 is 0 Å². The fourth-order valence-corrected chi connectivity index (χ4v) is 7.12. The van der Waals surface area contributed by atoms with Crippen LogP contribution in [0.1, 0.15) is 55.4 Å². The number of rotatable bonds is 6. The van der Waals surface area contributed by atoms with Crippen molar-refractivity contribution in [1.29, 1.82) is 0 Å². The minimum absolute atomic E-state index is 0.284. The number of carbonyl (C=O) groups excluding carboxylic acids is 1. The van der Waals surface area contributed by atoms with E-state index in [4.69, 9.17) is 5.73 Å². The van der Waals surface area contributed by atoms with Crippen molar-refractivity contribution in [3.63, 3.8) is 0 Å². The maximum atomic E-state index is 12.9. The van der Waals surface area contributed by atoms with Gasteiger partial charge >= 0.3 is 0 Å². The molecular formula is C27H31N5O. The van der Waals surface area contributed by atoms with E-state index in [1.54, 1.807) is 6.20 Å². The van der Waals surface area contributed by atoms with Crippen molar-refractivity contribution >= 4 is 17.3 Å². The molecule has 1 heterocycles. The highest BCUT2D eigenvalue weighted by molar-refractivity contribution is 6.04. The van der Waals surface area contributed by atoms with Gasteiger partial charge in [0.2, 0.25) is 0 Å². The summed E-state index contributed by atoms with van der Waals surface area (Å²) in [6.07, 6.45) is 11.5. The van der Waals surface area contributed by atoms with Gasteiger partial charge in [0.25, 0.3) is 5.91 Å². The zero-order valence-electron chi connectivity index (χ0n) is 18.9. The normalized spacial score (nSPS) is 27.6. The first-order chi connectivity index (χ1) is 16.1. The number of aryl methyl sites for hydroxylation is 1. The van der Waals surface area contributed by atoms with E-state index in [0.717, 1.165) is 41.8 Å². The zero-order chi connectivity index (χ0) is 22.4. The van der Waals surface area contributed by atoms with E-state index in [1.807, 2.05) is 53.2 Å². The largest absolute Gasteiger partial charge is 0.397 e. The van der Waals surface area contributed by atoms with Gasteiger partial charge in [-0.2, -0.15) is 0 Å². The fourth-order valence-electron chi connectivity index (χ4n) is 7.12. The molecule has 0 saturated heterocycles. The van der Waals surface area contributed by atoms with Crippen molar-refractivity contribution in [3.05, 3.63) is 60.4 Å². The summed E-state index contributed by atoms with van der Waals surface area (Å²) in [5.41, 5.74) is 10.1. The number of benzene rings is 2. The number of nitrogens with one attached hydrogen (secondary N) is 1. The lowest BCUT2D eigenvalue weighted by Crippen LogP contribution is -2.46. The van der Waals surface area contributed by atoms with Gasteiger partial charge in [0.05, 0.1) is 17.6 Å². The molecule has 0 unspecified atom stereocenters. The third-order valence-corrected chi connectivity index (χ3v) is 8.22. The molecule has 0 aliphatic heterocycles. The van der Waals surface area contributed by atoms with Crippen LogP contribution in [0.4, 0.5) is 11.4 Å². The second-order valence-corrected chi connectivity index (χ2v) is 10.7. The fraction of sp³-hybridized carbons (Fsp3) is 0.444. The topological polar surface area (TPSA) is 85.8 Å². The molecule has 6 heteroatoms. The van der Waals surface area contributed by atoms with E-state index < -0.39 is 0 Å². The Hall–Kier alpha value is -3.15. The van der Waals surface area contributed by atoms with E-state index in [0.29, 0.717) is 22.5 Å². The smallest absolute Gasteiger partial charge is 0.277 e. The Morgan fingerprint density at radius 1 is 1.00 bits per heavy atom. The van der Waals surface area contributed by atoms with Crippen LogP contribution in [0.2, 0.25) is 0 Å². The first-order valence-electron chi connectivity index (χ1n) is 12.2. The quantitative estimate of drug-likeness (QED) is 0.503. The standard InChI is InChI=1S/C27H31N5O/c28-23-7-6-22(21-4-2-1-3-5-21)13-24(23)29-26(33)25-17-32(31-30-25)9-8-27-14-18-10-19(15-27)12-20(11-18)16-27/h1-7,13,17-20H,8-12,14-16,28H2,(H,29,33). The lowest BCUT2D eigenvalue weighted by atomic mass is 9.49. The molecule has 3 aromatic rings. The first-order valence-corrected chi connectivity index (χ1v) is 12.2. The summed E-state index contributed by atoms with van der Waals surface area (Å²) in [5, 5.41) is 11.3. The number of aromatic nitrogens is 3. The van der Waals surface area contributed by atoms with Crippen LogP contribution < -0.4 is 11.1 Å². The highest BCUT2D eigenvalue weighted by atomic mass is 16.2. The maximum Gasteiger partial charge on any atom is 0.277 e. The molecule has 170 valence electrons. The van der Waals surface area contributed by atoms with Crippen LogP contribution in [0, 0.1) is 23.2 Å². The molecule has 4 bridgehead atoms. The summed E-state index contributed by atoms with van der Waals surface area (Å²) in [4.78, 5) is 12.9. The molecule has 4 aliphatic carbocycles. The van der Waals surface area contributed by atoms with Gasteiger partial charge in [-0.15, -0.1) is 5.10 Å². The van der Waals surface area contributed by atoms with E-state index in [2.05, 4.69) is 15.6 Å². The molecule has 4 aliphatic rings.